The Kier molecular flexibility index (Phi) is 6.31. The van der Waals surface area contributed by atoms with Crippen molar-refractivity contribution in [3.05, 3.63) is 17.0 Å². The summed E-state index contributed by atoms with van der Waals surface area (Å²) in [6.07, 6.45) is 3.56. The van der Waals surface area contributed by atoms with Gasteiger partial charge in [0.15, 0.2) is 0 Å². The second-order valence-corrected chi connectivity index (χ2v) is 4.90. The van der Waals surface area contributed by atoms with Crippen LogP contribution in [0.2, 0.25) is 0 Å². The highest BCUT2D eigenvalue weighted by atomic mass is 35.5. The fourth-order valence-corrected chi connectivity index (χ4v) is 2.35. The second kappa shape index (κ2) is 7.50. The van der Waals surface area contributed by atoms with E-state index in [1.165, 1.54) is 6.42 Å². The monoisotopic (exact) mass is 287 g/mol. The van der Waals surface area contributed by atoms with E-state index in [9.17, 15) is 4.79 Å². The van der Waals surface area contributed by atoms with Crippen LogP contribution in [-0.2, 0) is 11.2 Å². The highest BCUT2D eigenvalue weighted by molar-refractivity contribution is 5.85. The van der Waals surface area contributed by atoms with Gasteiger partial charge in [-0.1, -0.05) is 5.16 Å². The summed E-state index contributed by atoms with van der Waals surface area (Å²) in [6.45, 7) is 5.60. The smallest absolute Gasteiger partial charge is 0.220 e. The standard InChI is InChI=1S/C13H21N3O2.ClH/c1-9-12(10(2)18-16-9)5-6-13(17)15-8-11-4-3-7-14-11;/h11,14H,3-8H2,1-2H3,(H,15,17);1H. The van der Waals surface area contributed by atoms with Crippen LogP contribution in [0, 0.1) is 13.8 Å². The number of nitrogens with one attached hydrogen (secondary N) is 2. The minimum Gasteiger partial charge on any atom is -0.361 e. The van der Waals surface area contributed by atoms with Crippen LogP contribution in [0.5, 0.6) is 0 Å². The molecule has 1 aromatic heterocycles. The molecule has 2 heterocycles. The van der Waals surface area contributed by atoms with Crippen LogP contribution in [0.3, 0.4) is 0 Å². The number of carbonyl (C=O) groups is 1. The minimum atomic E-state index is 0. The van der Waals surface area contributed by atoms with E-state index in [2.05, 4.69) is 15.8 Å². The number of halogens is 1. The Balaban J connectivity index is 0.00000180. The van der Waals surface area contributed by atoms with Crippen LogP contribution in [0.25, 0.3) is 0 Å². The number of hydrogen-bond donors (Lipinski definition) is 2. The molecule has 1 aliphatic heterocycles. The summed E-state index contributed by atoms with van der Waals surface area (Å²) in [6, 6.07) is 0.452. The van der Waals surface area contributed by atoms with E-state index in [0.717, 1.165) is 36.5 Å². The second-order valence-electron chi connectivity index (χ2n) is 4.90. The summed E-state index contributed by atoms with van der Waals surface area (Å²) in [5.41, 5.74) is 1.95. The first-order chi connectivity index (χ1) is 8.66. The zero-order valence-electron chi connectivity index (χ0n) is 11.5. The Labute approximate surface area is 119 Å². The number of nitrogens with zero attached hydrogens (tertiary/aromatic N) is 1. The van der Waals surface area contributed by atoms with Gasteiger partial charge in [0.25, 0.3) is 0 Å². The lowest BCUT2D eigenvalue weighted by atomic mass is 10.1. The number of amides is 1. The fraction of sp³-hybridized carbons (Fsp3) is 0.692. The first-order valence-electron chi connectivity index (χ1n) is 6.58. The first kappa shape index (κ1) is 16.0. The zero-order valence-corrected chi connectivity index (χ0v) is 12.3. The largest absolute Gasteiger partial charge is 0.361 e. The van der Waals surface area contributed by atoms with Crippen LogP contribution in [0.1, 0.15) is 36.3 Å². The van der Waals surface area contributed by atoms with E-state index >= 15 is 0 Å². The molecule has 1 aromatic rings. The molecule has 1 amide bonds. The van der Waals surface area contributed by atoms with Gasteiger partial charge in [-0.3, -0.25) is 4.79 Å². The molecule has 0 aromatic carbocycles. The predicted octanol–water partition coefficient (Wildman–Crippen LogP) is 1.51. The molecule has 1 unspecified atom stereocenters. The molecule has 5 nitrogen and oxygen atoms in total. The van der Waals surface area contributed by atoms with Crippen LogP contribution >= 0.6 is 12.4 Å². The Morgan fingerprint density at radius 1 is 1.53 bits per heavy atom. The van der Waals surface area contributed by atoms with Crippen LogP contribution in [0.15, 0.2) is 4.52 Å². The molecule has 0 aliphatic carbocycles. The van der Waals surface area contributed by atoms with Gasteiger partial charge in [0, 0.05) is 24.6 Å². The summed E-state index contributed by atoms with van der Waals surface area (Å²) in [5.74, 6) is 0.918. The molecule has 1 aliphatic rings. The van der Waals surface area contributed by atoms with E-state index < -0.39 is 0 Å². The summed E-state index contributed by atoms with van der Waals surface area (Å²) < 4.78 is 5.08. The summed E-state index contributed by atoms with van der Waals surface area (Å²) in [5, 5.41) is 10.2. The average molecular weight is 288 g/mol. The molecule has 0 spiro atoms. The Morgan fingerprint density at radius 3 is 2.89 bits per heavy atom. The Bertz CT molecular complexity index is 395. The van der Waals surface area contributed by atoms with E-state index in [1.54, 1.807) is 0 Å². The summed E-state index contributed by atoms with van der Waals surface area (Å²) in [7, 11) is 0. The third-order valence-electron chi connectivity index (χ3n) is 3.49. The van der Waals surface area contributed by atoms with Crippen molar-refractivity contribution >= 4 is 18.3 Å². The molecule has 1 atom stereocenters. The number of carbonyl (C=O) groups excluding carboxylic acids is 1. The highest BCUT2D eigenvalue weighted by Gasteiger charge is 2.15. The molecule has 0 radical (unpaired) electrons. The summed E-state index contributed by atoms with van der Waals surface area (Å²) >= 11 is 0. The predicted molar refractivity (Wildman–Crippen MR) is 75.6 cm³/mol. The van der Waals surface area contributed by atoms with Crippen LogP contribution < -0.4 is 10.6 Å². The number of rotatable bonds is 5. The molecule has 6 heteroatoms. The van der Waals surface area contributed by atoms with E-state index in [4.69, 9.17) is 4.52 Å². The van der Waals surface area contributed by atoms with Gasteiger partial charge in [-0.15, -0.1) is 12.4 Å². The van der Waals surface area contributed by atoms with Crippen molar-refractivity contribution in [3.8, 4) is 0 Å². The maximum absolute atomic E-state index is 11.7. The van der Waals surface area contributed by atoms with Crippen molar-refractivity contribution in [1.29, 1.82) is 0 Å². The first-order valence-corrected chi connectivity index (χ1v) is 6.58. The highest BCUT2D eigenvalue weighted by Crippen LogP contribution is 2.14. The van der Waals surface area contributed by atoms with Gasteiger partial charge in [0.1, 0.15) is 5.76 Å². The maximum Gasteiger partial charge on any atom is 0.220 e. The van der Waals surface area contributed by atoms with E-state index in [1.807, 2.05) is 13.8 Å². The van der Waals surface area contributed by atoms with Crippen molar-refractivity contribution in [2.24, 2.45) is 0 Å². The molecule has 19 heavy (non-hydrogen) atoms. The van der Waals surface area contributed by atoms with Crippen molar-refractivity contribution in [2.45, 2.75) is 45.6 Å². The molecule has 1 saturated heterocycles. The van der Waals surface area contributed by atoms with Gasteiger partial charge in [0.2, 0.25) is 5.91 Å². The molecule has 2 N–H and O–H groups in total. The van der Waals surface area contributed by atoms with Gasteiger partial charge in [0.05, 0.1) is 5.69 Å². The molecule has 0 bridgehead atoms. The lowest BCUT2D eigenvalue weighted by Gasteiger charge is -2.11. The van der Waals surface area contributed by atoms with Gasteiger partial charge in [-0.25, -0.2) is 0 Å². The molecule has 1 fully saturated rings. The molecular weight excluding hydrogens is 266 g/mol. The van der Waals surface area contributed by atoms with Crippen molar-refractivity contribution in [1.82, 2.24) is 15.8 Å². The third kappa shape index (κ3) is 4.51. The SMILES string of the molecule is Cc1noc(C)c1CCC(=O)NCC1CCCN1.Cl. The number of aromatic nitrogens is 1. The Hall–Kier alpha value is -1.07. The lowest BCUT2D eigenvalue weighted by Crippen LogP contribution is -2.37. The Morgan fingerprint density at radius 2 is 2.32 bits per heavy atom. The van der Waals surface area contributed by atoms with Gasteiger partial charge < -0.3 is 15.2 Å². The molecule has 108 valence electrons. The maximum atomic E-state index is 11.7. The minimum absolute atomic E-state index is 0. The van der Waals surface area contributed by atoms with Crippen LogP contribution in [0.4, 0.5) is 0 Å². The average Bonchev–Trinajstić information content (AvgIpc) is 2.96. The van der Waals surface area contributed by atoms with Crippen molar-refractivity contribution in [2.75, 3.05) is 13.1 Å². The molecular formula is C13H22ClN3O2. The van der Waals surface area contributed by atoms with Crippen molar-refractivity contribution in [3.63, 3.8) is 0 Å². The number of hydrogen-bond acceptors (Lipinski definition) is 4. The lowest BCUT2D eigenvalue weighted by molar-refractivity contribution is -0.121. The summed E-state index contributed by atoms with van der Waals surface area (Å²) in [4.78, 5) is 11.7. The topological polar surface area (TPSA) is 67.2 Å². The zero-order chi connectivity index (χ0) is 13.0. The third-order valence-corrected chi connectivity index (χ3v) is 3.49. The normalized spacial score (nSPS) is 18.1. The molecule has 2 rings (SSSR count). The number of aryl methyl sites for hydroxylation is 2. The quantitative estimate of drug-likeness (QED) is 0.861. The van der Waals surface area contributed by atoms with Crippen LogP contribution in [-0.4, -0.2) is 30.2 Å². The van der Waals surface area contributed by atoms with Gasteiger partial charge >= 0.3 is 0 Å². The van der Waals surface area contributed by atoms with Crippen molar-refractivity contribution < 1.29 is 9.32 Å². The van der Waals surface area contributed by atoms with Gasteiger partial charge in [-0.05, 0) is 39.7 Å². The fourth-order valence-electron chi connectivity index (χ4n) is 2.35. The molecule has 0 saturated carbocycles. The van der Waals surface area contributed by atoms with E-state index in [0.29, 0.717) is 18.9 Å². The van der Waals surface area contributed by atoms with Gasteiger partial charge in [-0.2, -0.15) is 0 Å². The van der Waals surface area contributed by atoms with E-state index in [-0.39, 0.29) is 18.3 Å².